The second-order valence-corrected chi connectivity index (χ2v) is 7.49. The number of hydrazine groups is 1. The van der Waals surface area contributed by atoms with Gasteiger partial charge in [-0.05, 0) is 44.0 Å². The molecule has 150 valence electrons. The number of nitrogens with zero attached hydrogens (tertiary/aromatic N) is 1. The molecule has 0 aliphatic heterocycles. The second kappa shape index (κ2) is 9.79. The summed E-state index contributed by atoms with van der Waals surface area (Å²) in [7, 11) is 0. The lowest BCUT2D eigenvalue weighted by molar-refractivity contribution is -0.155. The van der Waals surface area contributed by atoms with Crippen LogP contribution in [0.15, 0.2) is 54.6 Å². The number of thiazole rings is 1. The molecule has 3 aromatic rings. The number of nitrogens with one attached hydrogen (secondary N) is 2. The van der Waals surface area contributed by atoms with E-state index in [1.165, 1.54) is 6.92 Å². The van der Waals surface area contributed by atoms with Crippen LogP contribution in [0.25, 0.3) is 10.2 Å². The van der Waals surface area contributed by atoms with E-state index in [2.05, 4.69) is 15.8 Å². The van der Waals surface area contributed by atoms with Crippen LogP contribution in [0.4, 0.5) is 0 Å². The molecule has 2 amide bonds. The Balaban J connectivity index is 1.37. The van der Waals surface area contributed by atoms with Crippen molar-refractivity contribution in [2.75, 3.05) is 0 Å². The molecule has 0 fully saturated rings. The molecular formula is C21H21N3O4S. The van der Waals surface area contributed by atoms with Gasteiger partial charge in [0.1, 0.15) is 0 Å². The zero-order valence-corrected chi connectivity index (χ0v) is 16.7. The smallest absolute Gasteiger partial charge is 0.306 e. The van der Waals surface area contributed by atoms with Crippen molar-refractivity contribution in [3.63, 3.8) is 0 Å². The summed E-state index contributed by atoms with van der Waals surface area (Å²) >= 11 is 1.61. The average Bonchev–Trinajstić information content (AvgIpc) is 3.15. The van der Waals surface area contributed by atoms with Crippen molar-refractivity contribution < 1.29 is 19.1 Å². The van der Waals surface area contributed by atoms with Gasteiger partial charge in [0.15, 0.2) is 6.10 Å². The van der Waals surface area contributed by atoms with Crippen molar-refractivity contribution in [2.45, 2.75) is 32.3 Å². The van der Waals surface area contributed by atoms with Crippen LogP contribution in [0, 0.1) is 0 Å². The molecule has 3 rings (SSSR count). The molecule has 2 aromatic carbocycles. The first kappa shape index (κ1) is 20.5. The molecule has 1 atom stereocenters. The number of esters is 1. The molecule has 0 saturated carbocycles. The summed E-state index contributed by atoms with van der Waals surface area (Å²) in [6.07, 6.45) is 0.421. The molecule has 29 heavy (non-hydrogen) atoms. The molecule has 0 spiro atoms. The van der Waals surface area contributed by atoms with E-state index in [0.29, 0.717) is 18.4 Å². The lowest BCUT2D eigenvalue weighted by Gasteiger charge is -2.14. The van der Waals surface area contributed by atoms with Crippen LogP contribution in [0.3, 0.4) is 0 Å². The summed E-state index contributed by atoms with van der Waals surface area (Å²) in [5.41, 5.74) is 5.92. The molecular weight excluding hydrogens is 390 g/mol. The minimum atomic E-state index is -1.01. The van der Waals surface area contributed by atoms with Crippen LogP contribution in [-0.4, -0.2) is 28.9 Å². The predicted octanol–water partition coefficient (Wildman–Crippen LogP) is 3.01. The van der Waals surface area contributed by atoms with Gasteiger partial charge in [-0.3, -0.25) is 25.2 Å². The zero-order chi connectivity index (χ0) is 20.6. The maximum absolute atomic E-state index is 12.0. The third kappa shape index (κ3) is 5.86. The van der Waals surface area contributed by atoms with Gasteiger partial charge in [0, 0.05) is 12.0 Å². The van der Waals surface area contributed by atoms with E-state index >= 15 is 0 Å². The van der Waals surface area contributed by atoms with E-state index in [-0.39, 0.29) is 6.42 Å². The lowest BCUT2D eigenvalue weighted by atomic mass is 10.2. The number of carbonyl (C=O) groups excluding carboxylic acids is 3. The van der Waals surface area contributed by atoms with E-state index in [9.17, 15) is 14.4 Å². The number of amides is 2. The van der Waals surface area contributed by atoms with Crippen LogP contribution in [-0.2, 0) is 20.7 Å². The highest BCUT2D eigenvalue weighted by atomic mass is 32.1. The van der Waals surface area contributed by atoms with E-state index in [1.54, 1.807) is 41.7 Å². The number of rotatable bonds is 7. The molecule has 0 saturated heterocycles. The number of fused-ring (bicyclic) bond motifs is 1. The van der Waals surface area contributed by atoms with Gasteiger partial charge in [-0.2, -0.15) is 0 Å². The number of aryl methyl sites for hydroxylation is 1. The Morgan fingerprint density at radius 2 is 1.76 bits per heavy atom. The van der Waals surface area contributed by atoms with E-state index < -0.39 is 23.9 Å². The van der Waals surface area contributed by atoms with Gasteiger partial charge in [-0.1, -0.05) is 30.3 Å². The Morgan fingerprint density at radius 3 is 2.52 bits per heavy atom. The van der Waals surface area contributed by atoms with Crippen LogP contribution in [0.2, 0.25) is 0 Å². The number of hydrogen-bond donors (Lipinski definition) is 2. The second-order valence-electron chi connectivity index (χ2n) is 6.37. The predicted molar refractivity (Wildman–Crippen MR) is 110 cm³/mol. The Bertz CT molecular complexity index is 970. The fraction of sp³-hybridized carbons (Fsp3) is 0.238. The maximum atomic E-state index is 12.0. The summed E-state index contributed by atoms with van der Waals surface area (Å²) in [6.45, 7) is 1.45. The van der Waals surface area contributed by atoms with Crippen molar-refractivity contribution in [1.82, 2.24) is 15.8 Å². The van der Waals surface area contributed by atoms with Gasteiger partial charge in [0.05, 0.1) is 15.2 Å². The molecule has 0 aliphatic rings. The highest BCUT2D eigenvalue weighted by molar-refractivity contribution is 7.18. The third-order valence-electron chi connectivity index (χ3n) is 4.12. The molecule has 0 radical (unpaired) electrons. The standard InChI is InChI=1S/C21H21N3O4S/c1-14(20(26)23-24-21(27)15-8-3-2-4-9-15)28-19(25)13-7-12-18-22-16-10-5-6-11-17(16)29-18/h2-6,8-11,14H,7,12-13H2,1H3,(H,23,26)(H,24,27)/t14-/m1/s1. The van der Waals surface area contributed by atoms with Crippen molar-refractivity contribution in [3.05, 3.63) is 65.2 Å². The van der Waals surface area contributed by atoms with Gasteiger partial charge >= 0.3 is 5.97 Å². The minimum Gasteiger partial charge on any atom is -0.452 e. The van der Waals surface area contributed by atoms with Crippen molar-refractivity contribution in [2.24, 2.45) is 0 Å². The number of para-hydroxylation sites is 1. The Hall–Kier alpha value is -3.26. The van der Waals surface area contributed by atoms with Gasteiger partial charge < -0.3 is 4.74 Å². The Kier molecular flexibility index (Phi) is 6.91. The average molecular weight is 411 g/mol. The maximum Gasteiger partial charge on any atom is 0.306 e. The molecule has 0 bridgehead atoms. The summed E-state index contributed by atoms with van der Waals surface area (Å²) in [4.78, 5) is 40.4. The SMILES string of the molecule is C[C@@H](OC(=O)CCCc1nc2ccccc2s1)C(=O)NNC(=O)c1ccccc1. The van der Waals surface area contributed by atoms with E-state index in [1.807, 2.05) is 24.3 Å². The number of aromatic nitrogens is 1. The summed E-state index contributed by atoms with van der Waals surface area (Å²) < 4.78 is 6.25. The third-order valence-corrected chi connectivity index (χ3v) is 5.22. The van der Waals surface area contributed by atoms with E-state index in [0.717, 1.165) is 15.2 Å². The van der Waals surface area contributed by atoms with Gasteiger partial charge in [0.2, 0.25) is 0 Å². The topological polar surface area (TPSA) is 97.4 Å². The summed E-state index contributed by atoms with van der Waals surface area (Å²) in [5.74, 6) is -1.52. The van der Waals surface area contributed by atoms with Crippen molar-refractivity contribution in [3.8, 4) is 0 Å². The molecule has 1 aromatic heterocycles. The molecule has 1 heterocycles. The lowest BCUT2D eigenvalue weighted by Crippen LogP contribution is -2.46. The first-order valence-corrected chi connectivity index (χ1v) is 10.0. The Labute approximate surface area is 172 Å². The fourth-order valence-electron chi connectivity index (χ4n) is 2.60. The summed E-state index contributed by atoms with van der Waals surface area (Å²) in [5, 5.41) is 0.966. The van der Waals surface area contributed by atoms with Crippen LogP contribution in [0.5, 0.6) is 0 Å². The van der Waals surface area contributed by atoms with Gasteiger partial charge in [0.25, 0.3) is 11.8 Å². The monoisotopic (exact) mass is 411 g/mol. The highest BCUT2D eigenvalue weighted by Crippen LogP contribution is 2.22. The van der Waals surface area contributed by atoms with Crippen molar-refractivity contribution >= 4 is 39.3 Å². The quantitative estimate of drug-likeness (QED) is 0.460. The molecule has 8 heteroatoms. The van der Waals surface area contributed by atoms with Crippen LogP contribution < -0.4 is 10.9 Å². The summed E-state index contributed by atoms with van der Waals surface area (Å²) in [6, 6.07) is 16.3. The van der Waals surface area contributed by atoms with Crippen molar-refractivity contribution in [1.29, 1.82) is 0 Å². The number of carbonyl (C=O) groups is 3. The van der Waals surface area contributed by atoms with Gasteiger partial charge in [-0.15, -0.1) is 11.3 Å². The fourth-order valence-corrected chi connectivity index (χ4v) is 3.61. The van der Waals surface area contributed by atoms with E-state index in [4.69, 9.17) is 4.74 Å². The highest BCUT2D eigenvalue weighted by Gasteiger charge is 2.18. The van der Waals surface area contributed by atoms with Gasteiger partial charge in [-0.25, -0.2) is 4.98 Å². The number of hydrogen-bond acceptors (Lipinski definition) is 6. The molecule has 0 unspecified atom stereocenters. The largest absolute Gasteiger partial charge is 0.452 e. The molecule has 2 N–H and O–H groups in total. The number of benzene rings is 2. The first-order valence-electron chi connectivity index (χ1n) is 9.22. The zero-order valence-electron chi connectivity index (χ0n) is 15.9. The Morgan fingerprint density at radius 1 is 1.03 bits per heavy atom. The van der Waals surface area contributed by atoms with Crippen LogP contribution in [0.1, 0.15) is 35.1 Å². The normalized spacial score (nSPS) is 11.6. The van der Waals surface area contributed by atoms with Crippen LogP contribution >= 0.6 is 11.3 Å². The molecule has 7 nitrogen and oxygen atoms in total. The number of ether oxygens (including phenoxy) is 1. The first-order chi connectivity index (χ1) is 14.0. The molecule has 0 aliphatic carbocycles. The minimum absolute atomic E-state index is 0.184.